The van der Waals surface area contributed by atoms with Gasteiger partial charge in [0.1, 0.15) is 17.9 Å². The Balaban J connectivity index is 1.76. The molecule has 1 aromatic carbocycles. The van der Waals surface area contributed by atoms with Crippen molar-refractivity contribution in [2.24, 2.45) is 0 Å². The monoisotopic (exact) mass is 363 g/mol. The fourth-order valence-electron chi connectivity index (χ4n) is 2.87. The van der Waals surface area contributed by atoms with Gasteiger partial charge in [-0.25, -0.2) is 0 Å². The lowest BCUT2D eigenvalue weighted by Crippen LogP contribution is -2.36. The number of hydrogen-bond donors (Lipinski definition) is 0. The molecule has 1 saturated heterocycles. The van der Waals surface area contributed by atoms with Gasteiger partial charge >= 0.3 is 0 Å². The van der Waals surface area contributed by atoms with E-state index in [1.165, 1.54) is 0 Å². The molecule has 0 aliphatic carbocycles. The van der Waals surface area contributed by atoms with E-state index in [0.29, 0.717) is 75.3 Å². The highest BCUT2D eigenvalue weighted by Gasteiger charge is 2.17. The zero-order chi connectivity index (χ0) is 18.4. The third kappa shape index (κ3) is 4.35. The van der Waals surface area contributed by atoms with Gasteiger partial charge in [-0.15, -0.1) is 0 Å². The molecule has 26 heavy (non-hydrogen) atoms. The Morgan fingerprint density at radius 1 is 1.12 bits per heavy atom. The molecule has 0 bridgehead atoms. The van der Waals surface area contributed by atoms with Gasteiger partial charge in [0.25, 0.3) is 0 Å². The molecule has 0 radical (unpaired) electrons. The van der Waals surface area contributed by atoms with Crippen molar-refractivity contribution in [2.45, 2.75) is 6.92 Å². The average molecular weight is 363 g/mol. The molecule has 0 unspecified atom stereocenters. The molecule has 0 atom stereocenters. The number of aryl methyl sites for hydroxylation is 1. The molecular weight excluding hydrogens is 338 g/mol. The summed E-state index contributed by atoms with van der Waals surface area (Å²) < 4.78 is 27.5. The van der Waals surface area contributed by atoms with Crippen LogP contribution in [0.5, 0.6) is 5.75 Å². The number of fused-ring (bicyclic) bond motifs is 1. The van der Waals surface area contributed by atoms with Gasteiger partial charge in [0.15, 0.2) is 11.3 Å². The van der Waals surface area contributed by atoms with Gasteiger partial charge < -0.3 is 28.3 Å². The number of ether oxygens (including phenoxy) is 4. The summed E-state index contributed by atoms with van der Waals surface area (Å²) in [5.41, 5.74) is 1.33. The first-order chi connectivity index (χ1) is 12.7. The molecule has 7 nitrogen and oxygen atoms in total. The maximum atomic E-state index is 12.5. The summed E-state index contributed by atoms with van der Waals surface area (Å²) in [4.78, 5) is 14.5. The third-order valence-electron chi connectivity index (χ3n) is 4.32. The quantitative estimate of drug-likeness (QED) is 0.664. The number of anilines is 1. The highest BCUT2D eigenvalue weighted by molar-refractivity contribution is 5.82. The van der Waals surface area contributed by atoms with Gasteiger partial charge in [0.05, 0.1) is 38.4 Å². The van der Waals surface area contributed by atoms with E-state index >= 15 is 0 Å². The maximum absolute atomic E-state index is 12.5. The van der Waals surface area contributed by atoms with Crippen LogP contribution in [0.2, 0.25) is 0 Å². The molecule has 0 spiro atoms. The topological polar surface area (TPSA) is 70.4 Å². The second-order valence-corrected chi connectivity index (χ2v) is 6.07. The lowest BCUT2D eigenvalue weighted by atomic mass is 10.1. The third-order valence-corrected chi connectivity index (χ3v) is 4.32. The minimum absolute atomic E-state index is 0.0507. The zero-order valence-electron chi connectivity index (χ0n) is 15.3. The first-order valence-electron chi connectivity index (χ1n) is 8.80. The number of methoxy groups -OCH3 is 1. The van der Waals surface area contributed by atoms with Crippen LogP contribution in [0.3, 0.4) is 0 Å². The van der Waals surface area contributed by atoms with Gasteiger partial charge in [0, 0.05) is 31.8 Å². The first-order valence-corrected chi connectivity index (χ1v) is 8.80. The molecule has 2 heterocycles. The molecule has 0 saturated carbocycles. The zero-order valence-corrected chi connectivity index (χ0v) is 15.3. The van der Waals surface area contributed by atoms with E-state index in [9.17, 15) is 4.79 Å². The van der Waals surface area contributed by atoms with Gasteiger partial charge in [0.2, 0.25) is 0 Å². The largest absolute Gasteiger partial charge is 0.491 e. The van der Waals surface area contributed by atoms with Gasteiger partial charge in [-0.05, 0) is 19.1 Å². The Morgan fingerprint density at radius 3 is 2.65 bits per heavy atom. The van der Waals surface area contributed by atoms with Crippen molar-refractivity contribution >= 4 is 16.9 Å². The summed E-state index contributed by atoms with van der Waals surface area (Å²) in [6, 6.07) is 5.10. The SMILES string of the molecule is COCCOCCOc1ccc2c(=O)cc(N3CCOCC3)oc2c1C. The van der Waals surface area contributed by atoms with Crippen LogP contribution in [0.25, 0.3) is 11.0 Å². The standard InChI is InChI=1S/C19H25NO6/c1-14-17(25-12-11-24-10-9-22-2)4-3-15-16(21)13-18(26-19(14)15)20-5-7-23-8-6-20/h3-4,13H,5-12H2,1-2H3. The Kier molecular flexibility index (Phi) is 6.49. The van der Waals surface area contributed by atoms with Crippen molar-refractivity contribution in [1.82, 2.24) is 0 Å². The molecular formula is C19H25NO6. The molecule has 1 aliphatic heterocycles. The number of morpholine rings is 1. The van der Waals surface area contributed by atoms with E-state index in [4.69, 9.17) is 23.4 Å². The smallest absolute Gasteiger partial charge is 0.200 e. The van der Waals surface area contributed by atoms with E-state index in [-0.39, 0.29) is 5.43 Å². The molecule has 142 valence electrons. The van der Waals surface area contributed by atoms with E-state index in [0.717, 1.165) is 5.56 Å². The van der Waals surface area contributed by atoms with Crippen molar-refractivity contribution in [3.8, 4) is 5.75 Å². The molecule has 3 rings (SSSR count). The van der Waals surface area contributed by atoms with Crippen molar-refractivity contribution < 1.29 is 23.4 Å². The number of nitrogens with zero attached hydrogens (tertiary/aromatic N) is 1. The van der Waals surface area contributed by atoms with Crippen LogP contribution in [-0.4, -0.2) is 59.8 Å². The summed E-state index contributed by atoms with van der Waals surface area (Å²) in [5, 5.41) is 0.559. The highest BCUT2D eigenvalue weighted by atomic mass is 16.5. The lowest BCUT2D eigenvalue weighted by Gasteiger charge is -2.27. The van der Waals surface area contributed by atoms with Crippen LogP contribution in [0.4, 0.5) is 5.88 Å². The van der Waals surface area contributed by atoms with Crippen molar-refractivity contribution in [1.29, 1.82) is 0 Å². The second-order valence-electron chi connectivity index (χ2n) is 6.07. The predicted molar refractivity (Wildman–Crippen MR) is 98.4 cm³/mol. The first kappa shape index (κ1) is 18.7. The molecule has 7 heteroatoms. The molecule has 0 amide bonds. The van der Waals surface area contributed by atoms with E-state index in [1.807, 2.05) is 11.8 Å². The summed E-state index contributed by atoms with van der Waals surface area (Å²) in [6.07, 6.45) is 0. The maximum Gasteiger partial charge on any atom is 0.200 e. The fourth-order valence-corrected chi connectivity index (χ4v) is 2.87. The van der Waals surface area contributed by atoms with Crippen LogP contribution >= 0.6 is 0 Å². The number of rotatable bonds is 8. The molecule has 1 aromatic heterocycles. The summed E-state index contributed by atoms with van der Waals surface area (Å²) in [5.74, 6) is 1.27. The van der Waals surface area contributed by atoms with Crippen molar-refractivity contribution in [2.75, 3.05) is 64.7 Å². The summed E-state index contributed by atoms with van der Waals surface area (Å²) >= 11 is 0. The Bertz CT molecular complexity index is 781. The van der Waals surface area contributed by atoms with Crippen LogP contribution < -0.4 is 15.1 Å². The van der Waals surface area contributed by atoms with Crippen molar-refractivity contribution in [3.63, 3.8) is 0 Å². The number of hydrogen-bond acceptors (Lipinski definition) is 7. The molecule has 0 N–H and O–H groups in total. The van der Waals surface area contributed by atoms with Crippen LogP contribution in [0.1, 0.15) is 5.56 Å². The summed E-state index contributed by atoms with van der Waals surface area (Å²) in [7, 11) is 1.64. The van der Waals surface area contributed by atoms with E-state index in [1.54, 1.807) is 25.3 Å². The Labute approximate surface area is 152 Å². The minimum atomic E-state index is -0.0507. The normalized spacial score (nSPS) is 14.8. The van der Waals surface area contributed by atoms with Gasteiger partial charge in [-0.3, -0.25) is 4.79 Å². The summed E-state index contributed by atoms with van der Waals surface area (Å²) in [6.45, 7) is 6.57. The second kappa shape index (κ2) is 9.02. The van der Waals surface area contributed by atoms with E-state index < -0.39 is 0 Å². The molecule has 1 fully saturated rings. The van der Waals surface area contributed by atoms with Gasteiger partial charge in [-0.2, -0.15) is 0 Å². The molecule has 1 aliphatic rings. The van der Waals surface area contributed by atoms with Crippen LogP contribution in [0.15, 0.2) is 27.4 Å². The van der Waals surface area contributed by atoms with Gasteiger partial charge in [-0.1, -0.05) is 0 Å². The number of benzene rings is 1. The van der Waals surface area contributed by atoms with Crippen LogP contribution in [-0.2, 0) is 14.2 Å². The fraction of sp³-hybridized carbons (Fsp3) is 0.526. The molecule has 2 aromatic rings. The minimum Gasteiger partial charge on any atom is -0.491 e. The van der Waals surface area contributed by atoms with Crippen molar-refractivity contribution in [3.05, 3.63) is 34.0 Å². The Hall–Kier alpha value is -2.09. The average Bonchev–Trinajstić information content (AvgIpc) is 2.67. The van der Waals surface area contributed by atoms with Crippen LogP contribution in [0, 0.1) is 6.92 Å². The predicted octanol–water partition coefficient (Wildman–Crippen LogP) is 1.98. The highest BCUT2D eigenvalue weighted by Crippen LogP contribution is 2.28. The Morgan fingerprint density at radius 2 is 1.88 bits per heavy atom. The van der Waals surface area contributed by atoms with E-state index in [2.05, 4.69) is 0 Å². The lowest BCUT2D eigenvalue weighted by molar-refractivity contribution is 0.0543.